The first kappa shape index (κ1) is 14.4. The van der Waals surface area contributed by atoms with Gasteiger partial charge in [0, 0.05) is 30.6 Å². The van der Waals surface area contributed by atoms with Gasteiger partial charge in [0.15, 0.2) is 5.17 Å². The highest BCUT2D eigenvalue weighted by atomic mass is 32.2. The first-order valence-corrected chi connectivity index (χ1v) is 9.44. The quantitative estimate of drug-likeness (QED) is 0.926. The van der Waals surface area contributed by atoms with Crippen LogP contribution in [-0.4, -0.2) is 29.0 Å². The van der Waals surface area contributed by atoms with Crippen LogP contribution in [0.1, 0.15) is 42.8 Å². The van der Waals surface area contributed by atoms with Crippen LogP contribution in [-0.2, 0) is 6.42 Å². The Bertz CT molecular complexity index is 475. The van der Waals surface area contributed by atoms with Crippen LogP contribution in [0.2, 0.25) is 0 Å². The van der Waals surface area contributed by atoms with Gasteiger partial charge in [-0.2, -0.15) is 0 Å². The van der Waals surface area contributed by atoms with Crippen LogP contribution in [0.15, 0.2) is 10.4 Å². The predicted molar refractivity (Wildman–Crippen MR) is 88.8 cm³/mol. The van der Waals surface area contributed by atoms with Crippen LogP contribution < -0.4 is 5.32 Å². The third kappa shape index (κ3) is 3.55. The summed E-state index contributed by atoms with van der Waals surface area (Å²) in [6, 6.07) is 0. The van der Waals surface area contributed by atoms with Crippen molar-refractivity contribution >= 4 is 28.3 Å². The third-order valence-corrected chi connectivity index (χ3v) is 6.44. The van der Waals surface area contributed by atoms with Crippen LogP contribution in [0.3, 0.4) is 0 Å². The number of rotatable bonds is 3. The number of nitrogens with one attached hydrogen (secondary N) is 1. The third-order valence-electron chi connectivity index (χ3n) is 4.31. The molecule has 110 valence electrons. The summed E-state index contributed by atoms with van der Waals surface area (Å²) < 4.78 is 0. The fourth-order valence-corrected chi connectivity index (χ4v) is 4.91. The molecule has 5 heteroatoms. The summed E-state index contributed by atoms with van der Waals surface area (Å²) in [6.45, 7) is 4.05. The van der Waals surface area contributed by atoms with Crippen LogP contribution in [0.4, 0.5) is 0 Å². The lowest BCUT2D eigenvalue weighted by Gasteiger charge is -2.38. The normalized spacial score (nSPS) is 21.8. The first-order chi connectivity index (χ1) is 9.76. The van der Waals surface area contributed by atoms with Gasteiger partial charge in [-0.1, -0.05) is 31.0 Å². The number of hydrogen-bond donors (Lipinski definition) is 1. The number of aliphatic imine (C=N–C) groups is 1. The molecule has 20 heavy (non-hydrogen) atoms. The van der Waals surface area contributed by atoms with Crippen molar-refractivity contribution in [2.75, 3.05) is 18.8 Å². The summed E-state index contributed by atoms with van der Waals surface area (Å²) in [6.07, 6.45) is 8.00. The van der Waals surface area contributed by atoms with E-state index >= 15 is 0 Å². The SMILES string of the molecule is Cc1nc(CCNC2=NCC3(CCCCC3)CS2)cs1. The Kier molecular flexibility index (Phi) is 4.66. The van der Waals surface area contributed by atoms with Gasteiger partial charge in [0.05, 0.1) is 10.7 Å². The first-order valence-electron chi connectivity index (χ1n) is 7.58. The molecule has 0 amide bonds. The van der Waals surface area contributed by atoms with E-state index in [1.54, 1.807) is 11.3 Å². The van der Waals surface area contributed by atoms with Gasteiger partial charge in [-0.05, 0) is 25.2 Å². The number of aromatic nitrogens is 1. The summed E-state index contributed by atoms with van der Waals surface area (Å²) in [5, 5.41) is 7.94. The molecule has 0 unspecified atom stereocenters. The minimum atomic E-state index is 0.528. The number of hydrogen-bond acceptors (Lipinski definition) is 5. The van der Waals surface area contributed by atoms with Crippen LogP contribution in [0, 0.1) is 12.3 Å². The summed E-state index contributed by atoms with van der Waals surface area (Å²) in [7, 11) is 0. The maximum absolute atomic E-state index is 4.79. The smallest absolute Gasteiger partial charge is 0.156 e. The lowest BCUT2D eigenvalue weighted by atomic mass is 9.75. The van der Waals surface area contributed by atoms with Crippen LogP contribution >= 0.6 is 23.1 Å². The molecule has 2 aliphatic rings. The lowest BCUT2D eigenvalue weighted by molar-refractivity contribution is 0.232. The fourth-order valence-electron chi connectivity index (χ4n) is 3.08. The minimum absolute atomic E-state index is 0.528. The molecular weight excluding hydrogens is 286 g/mol. The molecule has 0 atom stereocenters. The molecule has 2 heterocycles. The van der Waals surface area contributed by atoms with Crippen molar-refractivity contribution in [1.82, 2.24) is 10.3 Å². The molecule has 3 rings (SSSR count). The van der Waals surface area contributed by atoms with E-state index in [-0.39, 0.29) is 0 Å². The average molecular weight is 310 g/mol. The van der Waals surface area contributed by atoms with E-state index in [2.05, 4.69) is 22.6 Å². The minimum Gasteiger partial charge on any atom is -0.365 e. The average Bonchev–Trinajstić information content (AvgIpc) is 2.88. The van der Waals surface area contributed by atoms with Crippen LogP contribution in [0.25, 0.3) is 0 Å². The van der Waals surface area contributed by atoms with E-state index in [0.29, 0.717) is 5.41 Å². The van der Waals surface area contributed by atoms with Crippen molar-refractivity contribution in [3.05, 3.63) is 16.1 Å². The summed E-state index contributed by atoms with van der Waals surface area (Å²) in [4.78, 5) is 9.29. The molecule has 1 spiro atoms. The number of thioether (sulfide) groups is 1. The molecule has 0 saturated heterocycles. The molecule has 0 radical (unpaired) electrons. The van der Waals surface area contributed by atoms with E-state index < -0.39 is 0 Å². The van der Waals surface area contributed by atoms with E-state index in [1.807, 2.05) is 11.8 Å². The predicted octanol–water partition coefficient (Wildman–Crippen LogP) is 3.64. The molecule has 1 fully saturated rings. The second-order valence-electron chi connectivity index (χ2n) is 6.01. The molecule has 1 aliphatic heterocycles. The topological polar surface area (TPSA) is 37.3 Å². The Hall–Kier alpha value is -0.550. The standard InChI is InChI=1S/C15H23N3S2/c1-12-18-13(9-19-12)5-8-16-14-17-10-15(11-20-14)6-3-2-4-7-15/h9H,2-8,10-11H2,1H3,(H,16,17). The number of aryl methyl sites for hydroxylation is 1. The Balaban J connectivity index is 1.45. The zero-order chi connectivity index (χ0) is 13.8. The largest absolute Gasteiger partial charge is 0.365 e. The van der Waals surface area contributed by atoms with Gasteiger partial charge in [-0.3, -0.25) is 4.99 Å². The van der Waals surface area contributed by atoms with Gasteiger partial charge in [0.25, 0.3) is 0 Å². The maximum Gasteiger partial charge on any atom is 0.156 e. The van der Waals surface area contributed by atoms with Crippen molar-refractivity contribution in [3.63, 3.8) is 0 Å². The van der Waals surface area contributed by atoms with Crippen molar-refractivity contribution in [2.24, 2.45) is 10.4 Å². The summed E-state index contributed by atoms with van der Waals surface area (Å²) >= 11 is 3.66. The van der Waals surface area contributed by atoms with Crippen molar-refractivity contribution < 1.29 is 0 Å². The van der Waals surface area contributed by atoms with Gasteiger partial charge in [0.2, 0.25) is 0 Å². The highest BCUT2D eigenvalue weighted by Crippen LogP contribution is 2.41. The van der Waals surface area contributed by atoms with Gasteiger partial charge < -0.3 is 5.32 Å². The Morgan fingerprint density at radius 2 is 2.15 bits per heavy atom. The van der Waals surface area contributed by atoms with Gasteiger partial charge >= 0.3 is 0 Å². The molecule has 0 aromatic carbocycles. The zero-order valence-electron chi connectivity index (χ0n) is 12.2. The Morgan fingerprint density at radius 3 is 2.80 bits per heavy atom. The van der Waals surface area contributed by atoms with E-state index in [4.69, 9.17) is 4.99 Å². The zero-order valence-corrected chi connectivity index (χ0v) is 13.8. The Labute approximate surface area is 129 Å². The van der Waals surface area contributed by atoms with Crippen molar-refractivity contribution in [2.45, 2.75) is 45.4 Å². The molecule has 0 bridgehead atoms. The monoisotopic (exact) mass is 309 g/mol. The highest BCUT2D eigenvalue weighted by molar-refractivity contribution is 8.13. The second-order valence-corrected chi connectivity index (χ2v) is 8.03. The van der Waals surface area contributed by atoms with E-state index in [0.717, 1.165) is 29.7 Å². The number of amidine groups is 1. The van der Waals surface area contributed by atoms with Crippen molar-refractivity contribution in [3.8, 4) is 0 Å². The summed E-state index contributed by atoms with van der Waals surface area (Å²) in [5.74, 6) is 1.26. The maximum atomic E-state index is 4.79. The molecular formula is C15H23N3S2. The molecule has 1 N–H and O–H groups in total. The fraction of sp³-hybridized carbons (Fsp3) is 0.733. The molecule has 1 aromatic rings. The molecule has 1 aliphatic carbocycles. The number of thiazole rings is 1. The molecule has 1 saturated carbocycles. The number of nitrogens with zero attached hydrogens (tertiary/aromatic N) is 2. The molecule has 3 nitrogen and oxygen atoms in total. The lowest BCUT2D eigenvalue weighted by Crippen LogP contribution is -2.37. The highest BCUT2D eigenvalue weighted by Gasteiger charge is 2.34. The van der Waals surface area contributed by atoms with E-state index in [1.165, 1.54) is 43.6 Å². The van der Waals surface area contributed by atoms with E-state index in [9.17, 15) is 0 Å². The molecule has 1 aromatic heterocycles. The van der Waals surface area contributed by atoms with Crippen molar-refractivity contribution in [1.29, 1.82) is 0 Å². The second kappa shape index (κ2) is 6.48. The van der Waals surface area contributed by atoms with Gasteiger partial charge in [-0.15, -0.1) is 11.3 Å². The summed E-state index contributed by atoms with van der Waals surface area (Å²) in [5.41, 5.74) is 1.73. The van der Waals surface area contributed by atoms with Gasteiger partial charge in [-0.25, -0.2) is 4.98 Å². The van der Waals surface area contributed by atoms with Gasteiger partial charge in [0.1, 0.15) is 0 Å². The Morgan fingerprint density at radius 1 is 1.30 bits per heavy atom. The van der Waals surface area contributed by atoms with Crippen LogP contribution in [0.5, 0.6) is 0 Å².